The fraction of sp³-hybridized carbons (Fsp3) is 0.308. The van der Waals surface area contributed by atoms with Crippen LogP contribution in [-0.4, -0.2) is 74.6 Å². The van der Waals surface area contributed by atoms with Crippen LogP contribution < -0.4 is 14.2 Å². The van der Waals surface area contributed by atoms with Gasteiger partial charge in [0.05, 0.1) is 25.8 Å². The first-order valence-electron chi connectivity index (χ1n) is 10.8. The number of methoxy groups -OCH3 is 2. The van der Waals surface area contributed by atoms with Gasteiger partial charge in [-0.15, -0.1) is 0 Å². The van der Waals surface area contributed by atoms with Crippen LogP contribution in [0.5, 0.6) is 17.2 Å². The number of benzene rings is 2. The summed E-state index contributed by atoms with van der Waals surface area (Å²) in [4.78, 5) is 29.7. The van der Waals surface area contributed by atoms with Crippen molar-refractivity contribution in [3.63, 3.8) is 0 Å². The number of hydrogen-bond acceptors (Lipinski definition) is 7. The Kier molecular flexibility index (Phi) is 7.96. The van der Waals surface area contributed by atoms with Gasteiger partial charge in [-0.05, 0) is 56.6 Å². The van der Waals surface area contributed by atoms with Crippen LogP contribution in [0, 0.1) is 0 Å². The summed E-state index contributed by atoms with van der Waals surface area (Å²) in [7, 11) is 6.81. The van der Waals surface area contributed by atoms with Crippen molar-refractivity contribution in [3.05, 3.63) is 71.8 Å². The first-order chi connectivity index (χ1) is 16.3. The Labute approximate surface area is 199 Å². The highest BCUT2D eigenvalue weighted by Crippen LogP contribution is 2.43. The maximum atomic E-state index is 13.2. The van der Waals surface area contributed by atoms with Gasteiger partial charge in [0.2, 0.25) is 0 Å². The molecule has 1 amide bonds. The van der Waals surface area contributed by atoms with Crippen LogP contribution in [0.1, 0.15) is 17.2 Å². The van der Waals surface area contributed by atoms with Crippen LogP contribution >= 0.6 is 0 Å². The number of carbonyl (C=O) groups excluding carboxylic acids is 2. The summed E-state index contributed by atoms with van der Waals surface area (Å²) in [5, 5.41) is 11.2. The fourth-order valence-electron chi connectivity index (χ4n) is 3.81. The summed E-state index contributed by atoms with van der Waals surface area (Å²) in [5.41, 5.74) is 0.936. The predicted molar refractivity (Wildman–Crippen MR) is 129 cm³/mol. The van der Waals surface area contributed by atoms with Crippen LogP contribution in [-0.2, 0) is 9.59 Å². The quantitative estimate of drug-likeness (QED) is 0.249. The van der Waals surface area contributed by atoms with Gasteiger partial charge in [-0.25, -0.2) is 0 Å². The van der Waals surface area contributed by atoms with Crippen LogP contribution in [0.15, 0.2) is 60.7 Å². The zero-order valence-corrected chi connectivity index (χ0v) is 19.9. The van der Waals surface area contributed by atoms with Crippen molar-refractivity contribution < 1.29 is 28.9 Å². The number of ketones is 1. The molecular formula is C26H30N2O6. The minimum atomic E-state index is -0.846. The van der Waals surface area contributed by atoms with Crippen LogP contribution in [0.2, 0.25) is 0 Å². The largest absolute Gasteiger partial charge is 0.507 e. The van der Waals surface area contributed by atoms with Crippen LogP contribution in [0.3, 0.4) is 0 Å². The molecule has 1 fully saturated rings. The molecule has 180 valence electrons. The average Bonchev–Trinajstić information content (AvgIpc) is 3.10. The highest BCUT2D eigenvalue weighted by molar-refractivity contribution is 6.46. The van der Waals surface area contributed by atoms with Crippen molar-refractivity contribution >= 4 is 17.4 Å². The van der Waals surface area contributed by atoms with E-state index in [4.69, 9.17) is 14.2 Å². The standard InChI is InChI=1S/C26H30N2O6/c1-6-15-34-18-9-7-17(8-10-18)24(29)22-23(20-16-19(32-4)11-12-21(20)33-5)28(14-13-27(2)3)26(31)25(22)30/h6-12,16,23,29H,1,13-15H2,2-5H3/b24-22+. The van der Waals surface area contributed by atoms with E-state index in [2.05, 4.69) is 6.58 Å². The Bertz CT molecular complexity index is 1090. The number of hydrogen-bond donors (Lipinski definition) is 1. The summed E-state index contributed by atoms with van der Waals surface area (Å²) in [6, 6.07) is 11.0. The zero-order valence-electron chi connectivity index (χ0n) is 19.9. The lowest BCUT2D eigenvalue weighted by Gasteiger charge is -2.28. The molecule has 34 heavy (non-hydrogen) atoms. The number of likely N-dealkylation sites (tertiary alicyclic amines) is 1. The van der Waals surface area contributed by atoms with Crippen molar-refractivity contribution in [2.24, 2.45) is 0 Å². The summed E-state index contributed by atoms with van der Waals surface area (Å²) in [6.07, 6.45) is 1.63. The lowest BCUT2D eigenvalue weighted by molar-refractivity contribution is -0.140. The first-order valence-corrected chi connectivity index (χ1v) is 10.8. The van der Waals surface area contributed by atoms with Crippen molar-refractivity contribution in [2.45, 2.75) is 6.04 Å². The highest BCUT2D eigenvalue weighted by atomic mass is 16.5. The van der Waals surface area contributed by atoms with Gasteiger partial charge in [-0.3, -0.25) is 9.59 Å². The molecule has 8 heteroatoms. The number of ether oxygens (including phenoxy) is 3. The van der Waals surface area contributed by atoms with Gasteiger partial charge in [0.15, 0.2) is 0 Å². The normalized spacial score (nSPS) is 17.2. The molecule has 8 nitrogen and oxygen atoms in total. The lowest BCUT2D eigenvalue weighted by atomic mass is 9.94. The summed E-state index contributed by atoms with van der Waals surface area (Å²) >= 11 is 0. The molecule has 0 aromatic heterocycles. The Balaban J connectivity index is 2.16. The number of rotatable bonds is 10. The number of carbonyl (C=O) groups is 2. The highest BCUT2D eigenvalue weighted by Gasteiger charge is 2.47. The minimum Gasteiger partial charge on any atom is -0.507 e. The predicted octanol–water partition coefficient (Wildman–Crippen LogP) is 3.25. The van der Waals surface area contributed by atoms with Crippen LogP contribution in [0.25, 0.3) is 5.76 Å². The second-order valence-electron chi connectivity index (χ2n) is 8.03. The third kappa shape index (κ3) is 5.07. The van der Waals surface area contributed by atoms with E-state index < -0.39 is 17.7 Å². The van der Waals surface area contributed by atoms with Gasteiger partial charge >= 0.3 is 0 Å². The molecule has 1 aliphatic heterocycles. The molecule has 0 aliphatic carbocycles. The lowest BCUT2D eigenvalue weighted by Crippen LogP contribution is -2.35. The Morgan fingerprint density at radius 1 is 1.09 bits per heavy atom. The molecule has 0 radical (unpaired) electrons. The third-order valence-electron chi connectivity index (χ3n) is 5.56. The zero-order chi connectivity index (χ0) is 24.8. The number of amides is 1. The van der Waals surface area contributed by atoms with Crippen molar-refractivity contribution in [1.82, 2.24) is 9.80 Å². The first kappa shape index (κ1) is 24.9. The molecule has 0 spiro atoms. The summed E-state index contributed by atoms with van der Waals surface area (Å²) in [6.45, 7) is 4.78. The molecule has 1 N–H and O–H groups in total. The average molecular weight is 467 g/mol. The van der Waals surface area contributed by atoms with E-state index in [1.165, 1.54) is 19.1 Å². The third-order valence-corrected chi connectivity index (χ3v) is 5.56. The monoisotopic (exact) mass is 466 g/mol. The molecule has 2 aromatic carbocycles. The molecule has 0 bridgehead atoms. The van der Waals surface area contributed by atoms with Gasteiger partial charge in [0.25, 0.3) is 11.7 Å². The molecule has 0 saturated carbocycles. The SMILES string of the molecule is C=CCOc1ccc(/C(O)=C2\C(=O)C(=O)N(CCN(C)C)C2c2cc(OC)ccc2OC)cc1. The Morgan fingerprint density at radius 2 is 1.76 bits per heavy atom. The number of nitrogens with zero attached hydrogens (tertiary/aromatic N) is 2. The molecule has 1 atom stereocenters. The molecule has 2 aromatic rings. The van der Waals surface area contributed by atoms with E-state index in [1.807, 2.05) is 19.0 Å². The summed E-state index contributed by atoms with van der Waals surface area (Å²) < 4.78 is 16.4. The minimum absolute atomic E-state index is 0.00457. The van der Waals surface area contributed by atoms with Crippen molar-refractivity contribution in [1.29, 1.82) is 0 Å². The second kappa shape index (κ2) is 10.9. The molecule has 3 rings (SSSR count). The van der Waals surface area contributed by atoms with E-state index in [0.29, 0.717) is 41.5 Å². The van der Waals surface area contributed by atoms with Gasteiger partial charge in [0.1, 0.15) is 29.6 Å². The number of aliphatic hydroxyl groups excluding tert-OH is 1. The Hall–Kier alpha value is -3.78. The van der Waals surface area contributed by atoms with Crippen molar-refractivity contribution in [3.8, 4) is 17.2 Å². The van der Waals surface area contributed by atoms with Crippen LogP contribution in [0.4, 0.5) is 0 Å². The van der Waals surface area contributed by atoms with E-state index in [-0.39, 0.29) is 17.9 Å². The van der Waals surface area contributed by atoms with Gasteiger partial charge in [0, 0.05) is 24.2 Å². The molecule has 1 heterocycles. The molecular weight excluding hydrogens is 436 g/mol. The van der Waals surface area contributed by atoms with Crippen molar-refractivity contribution in [2.75, 3.05) is 48.0 Å². The number of likely N-dealkylation sites (N-methyl/N-ethyl adjacent to an activating group) is 1. The summed E-state index contributed by atoms with van der Waals surface area (Å²) in [5.74, 6) is -0.0913. The maximum absolute atomic E-state index is 13.2. The number of Topliss-reactive ketones (excluding diaryl/α,β-unsaturated/α-hetero) is 1. The second-order valence-corrected chi connectivity index (χ2v) is 8.03. The molecule has 1 unspecified atom stereocenters. The number of aliphatic hydroxyl groups is 1. The van der Waals surface area contributed by atoms with E-state index >= 15 is 0 Å². The molecule has 1 saturated heterocycles. The molecule has 1 aliphatic rings. The van der Waals surface area contributed by atoms with E-state index in [9.17, 15) is 14.7 Å². The van der Waals surface area contributed by atoms with Gasteiger partial charge in [-0.1, -0.05) is 12.7 Å². The Morgan fingerprint density at radius 3 is 2.35 bits per heavy atom. The van der Waals surface area contributed by atoms with E-state index in [1.54, 1.807) is 48.5 Å². The maximum Gasteiger partial charge on any atom is 0.295 e. The smallest absolute Gasteiger partial charge is 0.295 e. The fourth-order valence-corrected chi connectivity index (χ4v) is 3.81. The topological polar surface area (TPSA) is 88.5 Å². The van der Waals surface area contributed by atoms with E-state index in [0.717, 1.165) is 0 Å². The van der Waals surface area contributed by atoms with Gasteiger partial charge < -0.3 is 29.1 Å². The van der Waals surface area contributed by atoms with Gasteiger partial charge in [-0.2, -0.15) is 0 Å².